The van der Waals surface area contributed by atoms with E-state index >= 15 is 0 Å². The number of piperidine rings is 1. The van der Waals surface area contributed by atoms with E-state index in [9.17, 15) is 13.2 Å². The summed E-state index contributed by atoms with van der Waals surface area (Å²) in [5, 5.41) is 5.20. The van der Waals surface area contributed by atoms with E-state index in [0.717, 1.165) is 31.5 Å². The van der Waals surface area contributed by atoms with Gasteiger partial charge in [0.05, 0.1) is 5.41 Å². The van der Waals surface area contributed by atoms with Crippen molar-refractivity contribution in [3.05, 3.63) is 35.9 Å². The van der Waals surface area contributed by atoms with Crippen LogP contribution in [0.15, 0.2) is 30.3 Å². The SMILES string of the molecule is CN1CCC(C(=O)N2CCN(S(N)(=O)=O)CC2)(c2ccccc2)CC1. The minimum atomic E-state index is -3.69. The smallest absolute Gasteiger partial charge is 0.277 e. The van der Waals surface area contributed by atoms with Crippen molar-refractivity contribution in [2.24, 2.45) is 5.14 Å². The molecule has 0 saturated carbocycles. The van der Waals surface area contributed by atoms with Crippen LogP contribution in [0.1, 0.15) is 18.4 Å². The van der Waals surface area contributed by atoms with Crippen LogP contribution in [0.4, 0.5) is 0 Å². The fraction of sp³-hybridized carbons (Fsp3) is 0.588. The molecule has 25 heavy (non-hydrogen) atoms. The van der Waals surface area contributed by atoms with Crippen LogP contribution in [0.5, 0.6) is 0 Å². The summed E-state index contributed by atoms with van der Waals surface area (Å²) < 4.78 is 24.2. The Hall–Kier alpha value is -1.48. The standard InChI is InChI=1S/C17H26N4O3S/c1-19-9-7-17(8-10-19,15-5-3-2-4-6-15)16(22)20-11-13-21(14-12-20)25(18,23)24/h2-6H,7-14H2,1H3,(H2,18,23,24). The number of hydrogen-bond donors (Lipinski definition) is 1. The van der Waals surface area contributed by atoms with Gasteiger partial charge in [-0.25, -0.2) is 5.14 Å². The van der Waals surface area contributed by atoms with Crippen molar-refractivity contribution >= 4 is 16.1 Å². The average Bonchev–Trinajstić information content (AvgIpc) is 2.62. The summed E-state index contributed by atoms with van der Waals surface area (Å²) in [5.41, 5.74) is 0.541. The molecule has 0 radical (unpaired) electrons. The van der Waals surface area contributed by atoms with Crippen molar-refractivity contribution in [1.29, 1.82) is 0 Å². The summed E-state index contributed by atoms with van der Waals surface area (Å²) >= 11 is 0. The topological polar surface area (TPSA) is 86.9 Å². The highest BCUT2D eigenvalue weighted by molar-refractivity contribution is 7.86. The van der Waals surface area contributed by atoms with Gasteiger partial charge in [-0.2, -0.15) is 12.7 Å². The van der Waals surface area contributed by atoms with Gasteiger partial charge < -0.3 is 9.80 Å². The zero-order valence-electron chi connectivity index (χ0n) is 14.6. The molecular formula is C17H26N4O3S. The molecule has 0 aromatic heterocycles. The molecule has 0 spiro atoms. The molecule has 2 heterocycles. The van der Waals surface area contributed by atoms with Crippen LogP contribution in [0, 0.1) is 0 Å². The van der Waals surface area contributed by atoms with Crippen LogP contribution in [0.25, 0.3) is 0 Å². The van der Waals surface area contributed by atoms with Gasteiger partial charge in [0, 0.05) is 26.2 Å². The Balaban J connectivity index is 1.82. The molecule has 2 aliphatic rings. The summed E-state index contributed by atoms with van der Waals surface area (Å²) in [6, 6.07) is 9.97. The highest BCUT2D eigenvalue weighted by atomic mass is 32.2. The molecule has 3 rings (SSSR count). The molecule has 7 nitrogen and oxygen atoms in total. The molecule has 1 aromatic carbocycles. The number of likely N-dealkylation sites (tertiary alicyclic amines) is 1. The number of nitrogens with zero attached hydrogens (tertiary/aromatic N) is 3. The zero-order valence-corrected chi connectivity index (χ0v) is 15.4. The fourth-order valence-corrected chi connectivity index (χ4v) is 4.50. The maximum atomic E-state index is 13.4. The first-order valence-electron chi connectivity index (χ1n) is 8.64. The number of hydrogen-bond acceptors (Lipinski definition) is 4. The fourth-order valence-electron chi connectivity index (χ4n) is 3.83. The highest BCUT2D eigenvalue weighted by Crippen LogP contribution is 2.37. The van der Waals surface area contributed by atoms with Gasteiger partial charge in [-0.15, -0.1) is 0 Å². The number of piperazine rings is 1. The third-order valence-electron chi connectivity index (χ3n) is 5.46. The molecule has 2 N–H and O–H groups in total. The third kappa shape index (κ3) is 3.72. The second-order valence-electron chi connectivity index (χ2n) is 6.99. The summed E-state index contributed by atoms with van der Waals surface area (Å²) in [6.45, 7) is 3.04. The molecule has 2 saturated heterocycles. The van der Waals surface area contributed by atoms with Crippen LogP contribution in [0.3, 0.4) is 0 Å². The van der Waals surface area contributed by atoms with Crippen molar-refractivity contribution < 1.29 is 13.2 Å². The van der Waals surface area contributed by atoms with Crippen molar-refractivity contribution in [1.82, 2.24) is 14.1 Å². The molecule has 138 valence electrons. The molecule has 0 unspecified atom stereocenters. The monoisotopic (exact) mass is 366 g/mol. The first kappa shape index (κ1) is 18.3. The summed E-state index contributed by atoms with van der Waals surface area (Å²) in [5.74, 6) is 0.112. The van der Waals surface area contributed by atoms with Crippen molar-refractivity contribution in [3.63, 3.8) is 0 Å². The maximum absolute atomic E-state index is 13.4. The average molecular weight is 366 g/mol. The molecule has 0 aliphatic carbocycles. The number of rotatable bonds is 3. The lowest BCUT2D eigenvalue weighted by atomic mass is 9.71. The van der Waals surface area contributed by atoms with Crippen LogP contribution >= 0.6 is 0 Å². The number of benzene rings is 1. The Morgan fingerprint density at radius 1 is 1.00 bits per heavy atom. The van der Waals surface area contributed by atoms with E-state index in [-0.39, 0.29) is 19.0 Å². The highest BCUT2D eigenvalue weighted by Gasteiger charge is 2.45. The van der Waals surface area contributed by atoms with Crippen LogP contribution in [-0.2, 0) is 20.4 Å². The first-order chi connectivity index (χ1) is 11.8. The van der Waals surface area contributed by atoms with E-state index in [1.165, 1.54) is 4.31 Å². The third-order valence-corrected chi connectivity index (χ3v) is 6.55. The van der Waals surface area contributed by atoms with Crippen LogP contribution in [0.2, 0.25) is 0 Å². The number of carbonyl (C=O) groups excluding carboxylic acids is 1. The predicted molar refractivity (Wildman–Crippen MR) is 96.1 cm³/mol. The molecule has 2 fully saturated rings. The van der Waals surface area contributed by atoms with E-state index < -0.39 is 15.6 Å². The molecule has 1 amide bonds. The molecular weight excluding hydrogens is 340 g/mol. The largest absolute Gasteiger partial charge is 0.339 e. The number of amides is 1. The first-order valence-corrected chi connectivity index (χ1v) is 10.1. The lowest BCUT2D eigenvalue weighted by Gasteiger charge is -2.44. The molecule has 0 bridgehead atoms. The lowest BCUT2D eigenvalue weighted by Crippen LogP contribution is -2.58. The summed E-state index contributed by atoms with van der Waals surface area (Å²) in [4.78, 5) is 17.5. The normalized spacial score (nSPS) is 22.7. The summed E-state index contributed by atoms with van der Waals surface area (Å²) in [6.07, 6.45) is 1.56. The zero-order chi connectivity index (χ0) is 18.1. The Morgan fingerprint density at radius 3 is 2.08 bits per heavy atom. The summed E-state index contributed by atoms with van der Waals surface area (Å²) in [7, 11) is -1.61. The Bertz CT molecular complexity index is 707. The van der Waals surface area contributed by atoms with Gasteiger partial charge in [0.15, 0.2) is 0 Å². The second kappa shape index (κ2) is 7.03. The van der Waals surface area contributed by atoms with Gasteiger partial charge in [-0.3, -0.25) is 4.79 Å². The Kier molecular flexibility index (Phi) is 5.15. The molecule has 2 aliphatic heterocycles. The quantitative estimate of drug-likeness (QED) is 0.816. The predicted octanol–water partition coefficient (Wildman–Crippen LogP) is -0.00230. The van der Waals surface area contributed by atoms with E-state index in [1.54, 1.807) is 4.90 Å². The van der Waals surface area contributed by atoms with E-state index in [4.69, 9.17) is 5.14 Å². The van der Waals surface area contributed by atoms with E-state index in [1.807, 2.05) is 30.3 Å². The van der Waals surface area contributed by atoms with Crippen LogP contribution in [-0.4, -0.2) is 74.7 Å². The lowest BCUT2D eigenvalue weighted by molar-refractivity contribution is -0.140. The van der Waals surface area contributed by atoms with E-state index in [2.05, 4.69) is 11.9 Å². The van der Waals surface area contributed by atoms with Gasteiger partial charge in [-0.1, -0.05) is 30.3 Å². The Morgan fingerprint density at radius 2 is 1.56 bits per heavy atom. The van der Waals surface area contributed by atoms with Gasteiger partial charge >= 0.3 is 0 Å². The number of nitrogens with two attached hydrogens (primary N) is 1. The van der Waals surface area contributed by atoms with Crippen molar-refractivity contribution in [3.8, 4) is 0 Å². The molecule has 8 heteroatoms. The van der Waals surface area contributed by atoms with E-state index in [0.29, 0.717) is 13.1 Å². The van der Waals surface area contributed by atoms with Gasteiger partial charge in [0.2, 0.25) is 5.91 Å². The van der Waals surface area contributed by atoms with Crippen molar-refractivity contribution in [2.75, 3.05) is 46.3 Å². The second-order valence-corrected chi connectivity index (χ2v) is 8.53. The minimum absolute atomic E-state index is 0.112. The van der Waals surface area contributed by atoms with Crippen molar-refractivity contribution in [2.45, 2.75) is 18.3 Å². The van der Waals surface area contributed by atoms with Gasteiger partial charge in [0.1, 0.15) is 0 Å². The molecule has 1 aromatic rings. The van der Waals surface area contributed by atoms with Gasteiger partial charge in [-0.05, 0) is 38.5 Å². The Labute approximate surface area is 149 Å². The molecule has 0 atom stereocenters. The maximum Gasteiger partial charge on any atom is 0.277 e. The number of carbonyl (C=O) groups is 1. The van der Waals surface area contributed by atoms with Gasteiger partial charge in [0.25, 0.3) is 10.2 Å². The van der Waals surface area contributed by atoms with Crippen LogP contribution < -0.4 is 5.14 Å². The minimum Gasteiger partial charge on any atom is -0.339 e.